The van der Waals surface area contributed by atoms with Crippen molar-refractivity contribution in [2.45, 2.75) is 58.5 Å². The lowest BCUT2D eigenvalue weighted by atomic mass is 9.86. The predicted molar refractivity (Wildman–Crippen MR) is 90.4 cm³/mol. The number of fused-ring (bicyclic) bond motifs is 1. The minimum Gasteiger partial charge on any atom is -0.486 e. The molecule has 0 amide bonds. The molecule has 0 bridgehead atoms. The van der Waals surface area contributed by atoms with E-state index in [2.05, 4.69) is 50.8 Å². The first-order chi connectivity index (χ1) is 9.95. The number of anilines is 1. The fourth-order valence-electron chi connectivity index (χ4n) is 2.76. The van der Waals surface area contributed by atoms with E-state index in [0.717, 1.165) is 44.6 Å². The predicted octanol–water partition coefficient (Wildman–Crippen LogP) is 3.70. The first-order valence-electron chi connectivity index (χ1n) is 8.22. The number of rotatable bonds is 5. The molecule has 0 fully saturated rings. The molecule has 1 unspecified atom stereocenters. The molecular weight excluding hydrogens is 260 g/mol. The third kappa shape index (κ3) is 3.91. The van der Waals surface area contributed by atoms with Gasteiger partial charge in [0.15, 0.2) is 0 Å². The smallest absolute Gasteiger partial charge is 0.143 e. The van der Waals surface area contributed by atoms with E-state index >= 15 is 0 Å². The van der Waals surface area contributed by atoms with E-state index < -0.39 is 0 Å². The number of hydrogen-bond acceptors (Lipinski definition) is 3. The van der Waals surface area contributed by atoms with E-state index in [-0.39, 0.29) is 5.41 Å². The van der Waals surface area contributed by atoms with Gasteiger partial charge in [0.25, 0.3) is 0 Å². The Morgan fingerprint density at radius 3 is 2.67 bits per heavy atom. The number of nitrogens with zero attached hydrogens (tertiary/aromatic N) is 1. The molecule has 2 rings (SSSR count). The monoisotopic (exact) mass is 290 g/mol. The summed E-state index contributed by atoms with van der Waals surface area (Å²) in [5.74, 6) is 1.04. The molecule has 1 aromatic rings. The van der Waals surface area contributed by atoms with Crippen molar-refractivity contribution in [3.05, 3.63) is 23.8 Å². The van der Waals surface area contributed by atoms with Gasteiger partial charge in [0.1, 0.15) is 11.9 Å². The highest BCUT2D eigenvalue weighted by molar-refractivity contribution is 5.62. The van der Waals surface area contributed by atoms with Crippen LogP contribution >= 0.6 is 0 Å². The third-order valence-corrected chi connectivity index (χ3v) is 4.22. The molecule has 3 heteroatoms. The number of hydrogen-bond donors (Lipinski definition) is 1. The van der Waals surface area contributed by atoms with Crippen LogP contribution in [-0.2, 0) is 5.41 Å². The third-order valence-electron chi connectivity index (χ3n) is 4.22. The number of ether oxygens (including phenoxy) is 1. The molecule has 0 aliphatic carbocycles. The maximum atomic E-state index is 6.12. The molecular formula is C18H30N2O. The second-order valence-corrected chi connectivity index (χ2v) is 7.02. The van der Waals surface area contributed by atoms with Gasteiger partial charge in [0.05, 0.1) is 12.2 Å². The van der Waals surface area contributed by atoms with E-state index in [9.17, 15) is 0 Å². The minimum absolute atomic E-state index is 0.166. The average molecular weight is 290 g/mol. The van der Waals surface area contributed by atoms with E-state index in [0.29, 0.717) is 6.10 Å². The number of nitrogens with two attached hydrogens (primary N) is 1. The van der Waals surface area contributed by atoms with Crippen molar-refractivity contribution in [3.63, 3.8) is 0 Å². The van der Waals surface area contributed by atoms with Gasteiger partial charge in [0.2, 0.25) is 0 Å². The highest BCUT2D eigenvalue weighted by Gasteiger charge is 2.26. The Morgan fingerprint density at radius 2 is 2.05 bits per heavy atom. The lowest BCUT2D eigenvalue weighted by molar-refractivity contribution is 0.189. The number of benzene rings is 1. The molecule has 118 valence electrons. The maximum Gasteiger partial charge on any atom is 0.143 e. The minimum atomic E-state index is 0.166. The summed E-state index contributed by atoms with van der Waals surface area (Å²) in [6.07, 6.45) is 3.58. The zero-order valence-corrected chi connectivity index (χ0v) is 14.0. The van der Waals surface area contributed by atoms with Gasteiger partial charge in [-0.2, -0.15) is 0 Å². The molecule has 1 heterocycles. The Kier molecular flexibility index (Phi) is 5.15. The van der Waals surface area contributed by atoms with Crippen molar-refractivity contribution in [2.24, 2.45) is 5.73 Å². The van der Waals surface area contributed by atoms with E-state index in [1.165, 1.54) is 11.3 Å². The Bertz CT molecular complexity index is 465. The molecule has 1 aromatic carbocycles. The first kappa shape index (κ1) is 16.2. The summed E-state index contributed by atoms with van der Waals surface area (Å²) in [5.41, 5.74) is 8.41. The van der Waals surface area contributed by atoms with Crippen LogP contribution in [-0.4, -0.2) is 25.7 Å². The molecule has 1 atom stereocenters. The maximum absolute atomic E-state index is 6.12. The fraction of sp³-hybridized carbons (Fsp3) is 0.667. The van der Waals surface area contributed by atoms with E-state index in [1.807, 2.05) is 0 Å². The lowest BCUT2D eigenvalue weighted by Gasteiger charge is -2.37. The largest absolute Gasteiger partial charge is 0.486 e. The van der Waals surface area contributed by atoms with Crippen molar-refractivity contribution in [1.82, 2.24) is 0 Å². The van der Waals surface area contributed by atoms with Gasteiger partial charge in [-0.1, -0.05) is 33.8 Å². The van der Waals surface area contributed by atoms with Gasteiger partial charge >= 0.3 is 0 Å². The van der Waals surface area contributed by atoms with Crippen LogP contribution in [0.3, 0.4) is 0 Å². The fourth-order valence-corrected chi connectivity index (χ4v) is 2.76. The lowest BCUT2D eigenvalue weighted by Crippen LogP contribution is -2.40. The van der Waals surface area contributed by atoms with Crippen LogP contribution in [0, 0.1) is 0 Å². The summed E-state index contributed by atoms with van der Waals surface area (Å²) in [6, 6.07) is 6.66. The Labute approximate surface area is 129 Å². The second-order valence-electron chi connectivity index (χ2n) is 7.02. The topological polar surface area (TPSA) is 38.5 Å². The Hall–Kier alpha value is -1.22. The zero-order valence-electron chi connectivity index (χ0n) is 14.0. The van der Waals surface area contributed by atoms with Crippen molar-refractivity contribution >= 4 is 5.69 Å². The Morgan fingerprint density at radius 1 is 1.29 bits per heavy atom. The first-order valence-corrected chi connectivity index (χ1v) is 8.22. The molecule has 21 heavy (non-hydrogen) atoms. The van der Waals surface area contributed by atoms with Crippen LogP contribution in [0.2, 0.25) is 0 Å². The summed E-state index contributed by atoms with van der Waals surface area (Å²) in [4.78, 5) is 2.48. The SMILES string of the molecule is CCC1CN(CCCCN)c2cc(C(C)(C)C)ccc2O1. The van der Waals surface area contributed by atoms with Crippen molar-refractivity contribution in [1.29, 1.82) is 0 Å². The molecule has 0 saturated heterocycles. The highest BCUT2D eigenvalue weighted by atomic mass is 16.5. The molecule has 0 saturated carbocycles. The van der Waals surface area contributed by atoms with Crippen LogP contribution < -0.4 is 15.4 Å². The summed E-state index contributed by atoms with van der Waals surface area (Å²) in [5, 5.41) is 0. The van der Waals surface area contributed by atoms with Crippen molar-refractivity contribution in [2.75, 3.05) is 24.5 Å². The summed E-state index contributed by atoms with van der Waals surface area (Å²) < 4.78 is 6.12. The molecule has 1 aliphatic heterocycles. The molecule has 0 aromatic heterocycles. The van der Waals surface area contributed by atoms with Gasteiger partial charge < -0.3 is 15.4 Å². The van der Waals surface area contributed by atoms with Gasteiger partial charge in [0, 0.05) is 6.54 Å². The van der Waals surface area contributed by atoms with Gasteiger partial charge in [-0.25, -0.2) is 0 Å². The van der Waals surface area contributed by atoms with Crippen LogP contribution in [0.1, 0.15) is 52.5 Å². The van der Waals surface area contributed by atoms with Crippen LogP contribution in [0.25, 0.3) is 0 Å². The Balaban J connectivity index is 2.26. The normalized spacial score (nSPS) is 18.3. The van der Waals surface area contributed by atoms with E-state index in [1.54, 1.807) is 0 Å². The summed E-state index contributed by atoms with van der Waals surface area (Å²) in [7, 11) is 0. The van der Waals surface area contributed by atoms with E-state index in [4.69, 9.17) is 10.5 Å². The van der Waals surface area contributed by atoms with Gasteiger partial charge in [-0.3, -0.25) is 0 Å². The molecule has 0 spiro atoms. The zero-order chi connectivity index (χ0) is 15.5. The van der Waals surface area contributed by atoms with Gasteiger partial charge in [-0.15, -0.1) is 0 Å². The van der Waals surface area contributed by atoms with Crippen LogP contribution in [0.15, 0.2) is 18.2 Å². The molecule has 1 aliphatic rings. The second kappa shape index (κ2) is 6.69. The standard InChI is InChI=1S/C18H30N2O/c1-5-15-13-20(11-7-6-10-19)16-12-14(18(2,3)4)8-9-17(16)21-15/h8-9,12,15H,5-7,10-11,13,19H2,1-4H3. The molecule has 2 N–H and O–H groups in total. The van der Waals surface area contributed by atoms with Crippen molar-refractivity contribution < 1.29 is 4.74 Å². The molecule has 0 radical (unpaired) electrons. The summed E-state index contributed by atoms with van der Waals surface area (Å²) >= 11 is 0. The van der Waals surface area contributed by atoms with Crippen molar-refractivity contribution in [3.8, 4) is 5.75 Å². The van der Waals surface area contributed by atoms with Crippen LogP contribution in [0.4, 0.5) is 5.69 Å². The highest BCUT2D eigenvalue weighted by Crippen LogP contribution is 2.37. The van der Waals surface area contributed by atoms with Crippen LogP contribution in [0.5, 0.6) is 5.75 Å². The molecule has 3 nitrogen and oxygen atoms in total. The average Bonchev–Trinajstić information content (AvgIpc) is 2.45. The van der Waals surface area contributed by atoms with Gasteiger partial charge in [-0.05, 0) is 48.9 Å². The number of unbranched alkanes of at least 4 members (excludes halogenated alkanes) is 1. The summed E-state index contributed by atoms with van der Waals surface area (Å²) in [6.45, 7) is 11.8. The quantitative estimate of drug-likeness (QED) is 0.840.